The minimum absolute atomic E-state index is 0.504. The summed E-state index contributed by atoms with van der Waals surface area (Å²) in [5.41, 5.74) is 2.07. The fraction of sp³-hybridized carbons (Fsp3) is 0.435. The number of para-hydroxylation sites is 1. The molecule has 2 fully saturated rings. The lowest BCUT2D eigenvalue weighted by Gasteiger charge is -2.32. The second-order valence-electron chi connectivity index (χ2n) is 8.12. The fourth-order valence-electron chi connectivity index (χ4n) is 4.00. The van der Waals surface area contributed by atoms with Crippen molar-refractivity contribution in [3.8, 4) is 17.0 Å². The first-order valence-electron chi connectivity index (χ1n) is 10.7. The summed E-state index contributed by atoms with van der Waals surface area (Å²) in [5.74, 6) is 4.17. The number of piperidine rings is 1. The Labute approximate surface area is 181 Å². The second-order valence-corrected chi connectivity index (χ2v) is 9.01. The minimum atomic E-state index is 0.504. The maximum atomic E-state index is 5.50. The highest BCUT2D eigenvalue weighted by Gasteiger charge is 2.25. The number of hydrogen-bond donors (Lipinski definition) is 1. The Balaban J connectivity index is 1.22. The minimum Gasteiger partial charge on any atom is -0.496 e. The first kappa shape index (κ1) is 19.3. The van der Waals surface area contributed by atoms with E-state index in [0.717, 1.165) is 67.0 Å². The summed E-state index contributed by atoms with van der Waals surface area (Å²) in [6.45, 7) is 3.01. The predicted molar refractivity (Wildman–Crippen MR) is 122 cm³/mol. The van der Waals surface area contributed by atoms with Gasteiger partial charge in [0.15, 0.2) is 0 Å². The number of hydrogen-bond acceptors (Lipinski definition) is 7. The molecule has 0 atom stereocenters. The lowest BCUT2D eigenvalue weighted by molar-refractivity contribution is 0.416. The molecule has 0 amide bonds. The molecule has 2 aliphatic rings. The second kappa shape index (κ2) is 8.60. The van der Waals surface area contributed by atoms with Crippen LogP contribution in [0.15, 0.2) is 42.0 Å². The van der Waals surface area contributed by atoms with Crippen LogP contribution in [0.5, 0.6) is 5.75 Å². The third-order valence-electron chi connectivity index (χ3n) is 5.99. The summed E-state index contributed by atoms with van der Waals surface area (Å²) < 4.78 is 5.50. The van der Waals surface area contributed by atoms with Gasteiger partial charge in [-0.2, -0.15) is 0 Å². The van der Waals surface area contributed by atoms with Gasteiger partial charge in [0.25, 0.3) is 0 Å². The molecule has 0 unspecified atom stereocenters. The summed E-state index contributed by atoms with van der Waals surface area (Å²) in [7, 11) is 1.71. The van der Waals surface area contributed by atoms with Crippen molar-refractivity contribution in [3.63, 3.8) is 0 Å². The Kier molecular flexibility index (Phi) is 5.53. The van der Waals surface area contributed by atoms with Gasteiger partial charge in [0.2, 0.25) is 0 Å². The van der Waals surface area contributed by atoms with E-state index in [1.807, 2.05) is 18.2 Å². The summed E-state index contributed by atoms with van der Waals surface area (Å²) >= 11 is 1.76. The zero-order valence-corrected chi connectivity index (χ0v) is 18.1. The van der Waals surface area contributed by atoms with E-state index in [1.165, 1.54) is 17.8 Å². The van der Waals surface area contributed by atoms with Crippen molar-refractivity contribution in [2.75, 3.05) is 37.0 Å². The van der Waals surface area contributed by atoms with Gasteiger partial charge in [-0.1, -0.05) is 12.1 Å². The SMILES string of the molecule is COc1ccccc1-c1csc(C2CCN(c3cc(NCC4CC4)ncn3)CC2)n1. The van der Waals surface area contributed by atoms with E-state index in [1.54, 1.807) is 24.8 Å². The van der Waals surface area contributed by atoms with Crippen LogP contribution in [0.1, 0.15) is 36.6 Å². The van der Waals surface area contributed by atoms with Gasteiger partial charge in [0.05, 0.1) is 17.8 Å². The molecule has 156 valence electrons. The number of benzene rings is 1. The van der Waals surface area contributed by atoms with Crippen molar-refractivity contribution in [1.82, 2.24) is 15.0 Å². The summed E-state index contributed by atoms with van der Waals surface area (Å²) in [6, 6.07) is 10.2. The first-order chi connectivity index (χ1) is 14.8. The topological polar surface area (TPSA) is 63.2 Å². The Hall–Kier alpha value is -2.67. The number of nitrogens with zero attached hydrogens (tertiary/aromatic N) is 4. The monoisotopic (exact) mass is 421 g/mol. The van der Waals surface area contributed by atoms with Gasteiger partial charge in [-0.3, -0.25) is 0 Å². The maximum absolute atomic E-state index is 5.50. The quantitative estimate of drug-likeness (QED) is 0.590. The number of nitrogens with one attached hydrogen (secondary N) is 1. The highest BCUT2D eigenvalue weighted by atomic mass is 32.1. The molecule has 2 aromatic heterocycles. The lowest BCUT2D eigenvalue weighted by atomic mass is 9.97. The number of ether oxygens (including phenoxy) is 1. The van der Waals surface area contributed by atoms with E-state index in [0.29, 0.717) is 5.92 Å². The zero-order chi connectivity index (χ0) is 20.3. The van der Waals surface area contributed by atoms with Crippen LogP contribution >= 0.6 is 11.3 Å². The van der Waals surface area contributed by atoms with Gasteiger partial charge in [-0.25, -0.2) is 15.0 Å². The number of thiazole rings is 1. The van der Waals surface area contributed by atoms with Crippen molar-refractivity contribution in [2.45, 2.75) is 31.6 Å². The first-order valence-corrected chi connectivity index (χ1v) is 11.6. The van der Waals surface area contributed by atoms with Crippen LogP contribution < -0.4 is 15.0 Å². The van der Waals surface area contributed by atoms with Gasteiger partial charge < -0.3 is 15.0 Å². The van der Waals surface area contributed by atoms with E-state index >= 15 is 0 Å². The van der Waals surface area contributed by atoms with Crippen LogP contribution in [0.3, 0.4) is 0 Å². The molecule has 1 aliphatic heterocycles. The average Bonchev–Trinajstić information content (AvgIpc) is 3.52. The lowest BCUT2D eigenvalue weighted by Crippen LogP contribution is -2.33. The van der Waals surface area contributed by atoms with E-state index in [2.05, 4.69) is 37.7 Å². The Morgan fingerprint density at radius 3 is 2.77 bits per heavy atom. The molecule has 1 aliphatic carbocycles. The van der Waals surface area contributed by atoms with Crippen molar-refractivity contribution < 1.29 is 4.74 Å². The average molecular weight is 422 g/mol. The van der Waals surface area contributed by atoms with Crippen molar-refractivity contribution in [2.24, 2.45) is 5.92 Å². The Bertz CT molecular complexity index is 995. The van der Waals surface area contributed by atoms with Crippen LogP contribution in [0.2, 0.25) is 0 Å². The molecular weight excluding hydrogens is 394 g/mol. The third kappa shape index (κ3) is 4.26. The highest BCUT2D eigenvalue weighted by molar-refractivity contribution is 7.10. The van der Waals surface area contributed by atoms with Crippen molar-refractivity contribution in [1.29, 1.82) is 0 Å². The van der Waals surface area contributed by atoms with E-state index in [-0.39, 0.29) is 0 Å². The summed E-state index contributed by atoms with van der Waals surface area (Å²) in [5, 5.41) is 6.83. The van der Waals surface area contributed by atoms with Crippen molar-refractivity contribution in [3.05, 3.63) is 47.0 Å². The summed E-state index contributed by atoms with van der Waals surface area (Å²) in [6.07, 6.45) is 6.54. The number of rotatable bonds is 7. The molecule has 1 saturated carbocycles. The van der Waals surface area contributed by atoms with E-state index in [9.17, 15) is 0 Å². The van der Waals surface area contributed by atoms with Crippen LogP contribution in [0.4, 0.5) is 11.6 Å². The maximum Gasteiger partial charge on any atom is 0.134 e. The normalized spacial score (nSPS) is 17.2. The molecule has 0 radical (unpaired) electrons. The number of methoxy groups -OCH3 is 1. The van der Waals surface area contributed by atoms with E-state index < -0.39 is 0 Å². The van der Waals surface area contributed by atoms with Gasteiger partial charge in [0, 0.05) is 42.6 Å². The molecule has 7 heteroatoms. The zero-order valence-electron chi connectivity index (χ0n) is 17.3. The molecule has 0 spiro atoms. The summed E-state index contributed by atoms with van der Waals surface area (Å²) in [4.78, 5) is 16.2. The van der Waals surface area contributed by atoms with Crippen LogP contribution in [0.25, 0.3) is 11.3 Å². The van der Waals surface area contributed by atoms with Crippen molar-refractivity contribution >= 4 is 23.0 Å². The molecule has 3 aromatic rings. The Morgan fingerprint density at radius 2 is 1.97 bits per heavy atom. The number of aromatic nitrogens is 3. The third-order valence-corrected chi connectivity index (χ3v) is 7.00. The predicted octanol–water partition coefficient (Wildman–Crippen LogP) is 4.81. The Morgan fingerprint density at radius 1 is 1.13 bits per heavy atom. The molecule has 30 heavy (non-hydrogen) atoms. The molecule has 6 nitrogen and oxygen atoms in total. The van der Waals surface area contributed by atoms with Gasteiger partial charge in [0.1, 0.15) is 23.7 Å². The highest BCUT2D eigenvalue weighted by Crippen LogP contribution is 2.36. The van der Waals surface area contributed by atoms with Crippen LogP contribution in [0, 0.1) is 5.92 Å². The van der Waals surface area contributed by atoms with Gasteiger partial charge in [-0.15, -0.1) is 11.3 Å². The van der Waals surface area contributed by atoms with Gasteiger partial charge in [-0.05, 0) is 43.7 Å². The molecule has 1 aromatic carbocycles. The molecule has 5 rings (SSSR count). The largest absolute Gasteiger partial charge is 0.496 e. The fourth-order valence-corrected chi connectivity index (χ4v) is 4.99. The molecule has 1 saturated heterocycles. The smallest absolute Gasteiger partial charge is 0.134 e. The molecule has 3 heterocycles. The number of anilines is 2. The standard InChI is InChI=1S/C23H27N5OS/c1-29-20-5-3-2-4-18(20)19-14-30-23(27-19)17-8-10-28(11-9-17)22-12-21(25-15-26-22)24-13-16-6-7-16/h2-5,12,14-17H,6-11,13H2,1H3,(H,24,25,26). The molecular formula is C23H27N5OS. The van der Waals surface area contributed by atoms with Crippen LogP contribution in [-0.4, -0.2) is 41.7 Å². The molecule has 0 bridgehead atoms. The van der Waals surface area contributed by atoms with Crippen LogP contribution in [-0.2, 0) is 0 Å². The molecule has 1 N–H and O–H groups in total. The van der Waals surface area contributed by atoms with Gasteiger partial charge >= 0.3 is 0 Å². The van der Waals surface area contributed by atoms with E-state index in [4.69, 9.17) is 9.72 Å².